The molecule has 1 aliphatic rings. The third kappa shape index (κ3) is 1.98. The van der Waals surface area contributed by atoms with Crippen LogP contribution in [0.3, 0.4) is 0 Å². The molecule has 0 bridgehead atoms. The summed E-state index contributed by atoms with van der Waals surface area (Å²) in [6.07, 6.45) is 5.86. The Bertz CT molecular complexity index is 494. The molecule has 16 heavy (non-hydrogen) atoms. The van der Waals surface area contributed by atoms with E-state index in [1.807, 2.05) is 0 Å². The number of ketones is 1. The van der Waals surface area contributed by atoms with Gasteiger partial charge in [-0.15, -0.1) is 0 Å². The first-order valence-corrected chi connectivity index (χ1v) is 4.81. The molecule has 0 spiro atoms. The fourth-order valence-electron chi connectivity index (χ4n) is 1.43. The monoisotopic (exact) mass is 219 g/mol. The van der Waals surface area contributed by atoms with Crippen molar-refractivity contribution in [2.24, 2.45) is 0 Å². The third-order valence-corrected chi connectivity index (χ3v) is 2.17. The summed E-state index contributed by atoms with van der Waals surface area (Å²) in [6, 6.07) is 0. The van der Waals surface area contributed by atoms with E-state index >= 15 is 0 Å². The van der Waals surface area contributed by atoms with Gasteiger partial charge >= 0.3 is 0 Å². The fraction of sp³-hybridized carbons (Fsp3) is 0.182. The van der Waals surface area contributed by atoms with Crippen molar-refractivity contribution in [2.75, 3.05) is 6.54 Å². The highest BCUT2D eigenvalue weighted by Crippen LogP contribution is 2.16. The van der Waals surface area contributed by atoms with Gasteiger partial charge in [-0.2, -0.15) is 0 Å². The summed E-state index contributed by atoms with van der Waals surface area (Å²) in [5.74, 6) is -0.419. The minimum absolute atomic E-state index is 0.111. The number of nitrogens with one attached hydrogen (secondary N) is 1. The van der Waals surface area contributed by atoms with Crippen molar-refractivity contribution >= 4 is 11.5 Å². The largest absolute Gasteiger partial charge is 0.377 e. The van der Waals surface area contributed by atoms with Crippen LogP contribution in [0.1, 0.15) is 23.1 Å². The molecular formula is C11H10FN3O. The van der Waals surface area contributed by atoms with Gasteiger partial charge in [-0.1, -0.05) is 0 Å². The Labute approximate surface area is 91.9 Å². The van der Waals surface area contributed by atoms with Crippen molar-refractivity contribution < 1.29 is 9.18 Å². The van der Waals surface area contributed by atoms with Gasteiger partial charge in [0.2, 0.25) is 0 Å². The van der Waals surface area contributed by atoms with Crippen LogP contribution in [0.2, 0.25) is 0 Å². The van der Waals surface area contributed by atoms with E-state index in [9.17, 15) is 9.18 Å². The fourth-order valence-corrected chi connectivity index (χ4v) is 1.43. The lowest BCUT2D eigenvalue weighted by molar-refractivity contribution is 0.101. The van der Waals surface area contributed by atoms with Crippen LogP contribution in [-0.4, -0.2) is 22.3 Å². The molecular weight excluding hydrogens is 209 g/mol. The van der Waals surface area contributed by atoms with E-state index < -0.39 is 0 Å². The summed E-state index contributed by atoms with van der Waals surface area (Å²) in [6.45, 7) is 1.53. The molecule has 1 aromatic heterocycles. The number of nitrogens with zero attached hydrogens (tertiary/aromatic N) is 2. The van der Waals surface area contributed by atoms with Crippen molar-refractivity contribution in [1.29, 1.82) is 0 Å². The molecule has 2 heterocycles. The van der Waals surface area contributed by atoms with E-state index in [0.717, 1.165) is 0 Å². The summed E-state index contributed by atoms with van der Waals surface area (Å²) in [4.78, 5) is 19.4. The molecule has 1 aliphatic heterocycles. The van der Waals surface area contributed by atoms with Gasteiger partial charge in [0.15, 0.2) is 5.78 Å². The summed E-state index contributed by atoms with van der Waals surface area (Å²) < 4.78 is 12.8. The molecule has 0 radical (unpaired) electrons. The van der Waals surface area contributed by atoms with E-state index in [2.05, 4.69) is 15.3 Å². The van der Waals surface area contributed by atoms with Gasteiger partial charge in [-0.05, 0) is 12.2 Å². The molecule has 0 saturated heterocycles. The lowest BCUT2D eigenvalue weighted by Gasteiger charge is -2.14. The van der Waals surface area contributed by atoms with E-state index in [1.165, 1.54) is 25.4 Å². The summed E-state index contributed by atoms with van der Waals surface area (Å²) in [5.41, 5.74) is 1.36. The zero-order valence-electron chi connectivity index (χ0n) is 8.70. The van der Waals surface area contributed by atoms with E-state index in [0.29, 0.717) is 11.4 Å². The van der Waals surface area contributed by atoms with E-state index in [1.54, 1.807) is 6.08 Å². The second kappa shape index (κ2) is 4.22. The summed E-state index contributed by atoms with van der Waals surface area (Å²) in [7, 11) is 0. The molecule has 0 saturated carbocycles. The molecule has 0 fully saturated rings. The minimum Gasteiger partial charge on any atom is -0.377 e. The zero-order valence-corrected chi connectivity index (χ0v) is 8.70. The standard InChI is InChI=1S/C11H10FN3O/c1-7(16)10-11(14-5-4-13-10)9-3-2-8(12)6-15-9/h2-5,15H,6H2,1H3. The molecule has 5 heteroatoms. The predicted octanol–water partition coefficient (Wildman–Crippen LogP) is 1.48. The van der Waals surface area contributed by atoms with Crippen LogP contribution in [0.4, 0.5) is 4.39 Å². The average molecular weight is 219 g/mol. The number of rotatable bonds is 2. The van der Waals surface area contributed by atoms with E-state index in [4.69, 9.17) is 0 Å². The number of allylic oxidation sites excluding steroid dienone is 2. The van der Waals surface area contributed by atoms with Crippen molar-refractivity contribution in [3.8, 4) is 0 Å². The van der Waals surface area contributed by atoms with Crippen molar-refractivity contribution in [3.05, 3.63) is 41.8 Å². The Morgan fingerprint density at radius 2 is 2.12 bits per heavy atom. The molecule has 0 aromatic carbocycles. The summed E-state index contributed by atoms with van der Waals surface area (Å²) >= 11 is 0. The maximum Gasteiger partial charge on any atom is 0.180 e. The van der Waals surface area contributed by atoms with Crippen molar-refractivity contribution in [2.45, 2.75) is 6.92 Å². The Morgan fingerprint density at radius 1 is 1.38 bits per heavy atom. The first-order valence-electron chi connectivity index (χ1n) is 4.81. The maximum absolute atomic E-state index is 12.8. The molecule has 0 amide bonds. The van der Waals surface area contributed by atoms with Gasteiger partial charge < -0.3 is 5.32 Å². The van der Waals surface area contributed by atoms with Crippen LogP contribution in [-0.2, 0) is 0 Å². The Hall–Kier alpha value is -2.04. The van der Waals surface area contributed by atoms with Crippen LogP contribution in [0.5, 0.6) is 0 Å². The number of aromatic nitrogens is 2. The molecule has 82 valence electrons. The normalized spacial score (nSPS) is 14.9. The SMILES string of the molecule is CC(=O)c1nccnc1C1=CC=C(F)CN1. The lowest BCUT2D eigenvalue weighted by atomic mass is 10.1. The van der Waals surface area contributed by atoms with Crippen LogP contribution in [0, 0.1) is 0 Å². The van der Waals surface area contributed by atoms with Gasteiger partial charge in [0.1, 0.15) is 17.2 Å². The highest BCUT2D eigenvalue weighted by Gasteiger charge is 2.15. The number of halogens is 1. The van der Waals surface area contributed by atoms with Crippen LogP contribution < -0.4 is 5.32 Å². The van der Waals surface area contributed by atoms with Crippen molar-refractivity contribution in [1.82, 2.24) is 15.3 Å². The first kappa shape index (κ1) is 10.5. The summed E-state index contributed by atoms with van der Waals surface area (Å²) in [5, 5.41) is 2.84. The lowest BCUT2D eigenvalue weighted by Crippen LogP contribution is -2.20. The number of dihydropyridines is 1. The second-order valence-electron chi connectivity index (χ2n) is 3.36. The van der Waals surface area contributed by atoms with Crippen LogP contribution >= 0.6 is 0 Å². The Morgan fingerprint density at radius 3 is 2.75 bits per heavy atom. The van der Waals surface area contributed by atoms with Crippen LogP contribution in [0.15, 0.2) is 30.4 Å². The molecule has 0 atom stereocenters. The molecule has 4 nitrogen and oxygen atoms in total. The topological polar surface area (TPSA) is 54.9 Å². The van der Waals surface area contributed by atoms with Gasteiger partial charge in [-0.3, -0.25) is 9.78 Å². The van der Waals surface area contributed by atoms with Crippen molar-refractivity contribution in [3.63, 3.8) is 0 Å². The quantitative estimate of drug-likeness (QED) is 0.765. The third-order valence-electron chi connectivity index (χ3n) is 2.17. The predicted molar refractivity (Wildman–Crippen MR) is 57.2 cm³/mol. The number of hydrogen-bond donors (Lipinski definition) is 1. The van der Waals surface area contributed by atoms with Gasteiger partial charge in [-0.25, -0.2) is 9.37 Å². The molecule has 2 rings (SSSR count). The Kier molecular flexibility index (Phi) is 2.76. The van der Waals surface area contributed by atoms with E-state index in [-0.39, 0.29) is 23.8 Å². The second-order valence-corrected chi connectivity index (χ2v) is 3.36. The minimum atomic E-state index is -0.253. The number of Topliss-reactive ketones (excluding diaryl/α,β-unsaturated/α-hetero) is 1. The first-order chi connectivity index (χ1) is 7.68. The smallest absolute Gasteiger partial charge is 0.180 e. The van der Waals surface area contributed by atoms with Gasteiger partial charge in [0, 0.05) is 19.3 Å². The van der Waals surface area contributed by atoms with Crippen LogP contribution in [0.25, 0.3) is 5.70 Å². The highest BCUT2D eigenvalue weighted by atomic mass is 19.1. The Balaban J connectivity index is 2.45. The molecule has 0 unspecified atom stereocenters. The highest BCUT2D eigenvalue weighted by molar-refractivity contribution is 5.96. The van der Waals surface area contributed by atoms with Gasteiger partial charge in [0.25, 0.3) is 0 Å². The average Bonchev–Trinajstić information content (AvgIpc) is 2.30. The molecule has 1 N–H and O–H groups in total. The zero-order chi connectivity index (χ0) is 11.5. The number of hydrogen-bond acceptors (Lipinski definition) is 4. The molecule has 0 aliphatic carbocycles. The van der Waals surface area contributed by atoms with Gasteiger partial charge in [0.05, 0.1) is 12.2 Å². The number of carbonyl (C=O) groups is 1. The molecule has 1 aromatic rings. The maximum atomic E-state index is 12.8. The number of carbonyl (C=O) groups excluding carboxylic acids is 1.